The van der Waals surface area contributed by atoms with Crippen LogP contribution in [0.5, 0.6) is 11.5 Å². The number of hydrogen-bond donors (Lipinski definition) is 2. The number of thiocarbonyl (C=S) groups is 1. The lowest BCUT2D eigenvalue weighted by atomic mass is 10.1. The van der Waals surface area contributed by atoms with Crippen LogP contribution in [0.3, 0.4) is 0 Å². The normalized spacial score (nSPS) is 13.5. The zero-order valence-electron chi connectivity index (χ0n) is 19.4. The minimum atomic E-state index is -0.430. The van der Waals surface area contributed by atoms with Crippen molar-refractivity contribution in [3.05, 3.63) is 48.0 Å². The van der Waals surface area contributed by atoms with Crippen LogP contribution >= 0.6 is 12.2 Å². The van der Waals surface area contributed by atoms with Crippen LogP contribution in [0, 0.1) is 5.92 Å². The molecular weight excluding hydrogens is 440 g/mol. The van der Waals surface area contributed by atoms with Crippen molar-refractivity contribution < 1.29 is 19.1 Å². The predicted octanol–water partition coefficient (Wildman–Crippen LogP) is 3.14. The topological polar surface area (TPSA) is 83.1 Å². The van der Waals surface area contributed by atoms with Crippen molar-refractivity contribution in [1.29, 1.82) is 0 Å². The maximum absolute atomic E-state index is 12.9. The summed E-state index contributed by atoms with van der Waals surface area (Å²) in [6.07, 6.45) is 0. The summed E-state index contributed by atoms with van der Waals surface area (Å²) in [7, 11) is 2.99. The first-order valence-electron chi connectivity index (χ1n) is 10.8. The Balaban J connectivity index is 1.69. The van der Waals surface area contributed by atoms with Crippen LogP contribution in [0.15, 0.2) is 42.5 Å². The minimum absolute atomic E-state index is 0.00616. The third-order valence-corrected chi connectivity index (χ3v) is 5.66. The summed E-state index contributed by atoms with van der Waals surface area (Å²) < 4.78 is 10.6. The third-order valence-electron chi connectivity index (χ3n) is 5.46. The van der Waals surface area contributed by atoms with Crippen LogP contribution in [0.4, 0.5) is 11.4 Å². The second-order valence-corrected chi connectivity index (χ2v) is 8.34. The Kier molecular flexibility index (Phi) is 8.11. The Morgan fingerprint density at radius 3 is 2.12 bits per heavy atom. The molecule has 0 atom stereocenters. The molecule has 8 nitrogen and oxygen atoms in total. The maximum Gasteiger partial charge on any atom is 0.264 e. The van der Waals surface area contributed by atoms with Gasteiger partial charge in [-0.2, -0.15) is 0 Å². The van der Waals surface area contributed by atoms with Gasteiger partial charge in [-0.05, 0) is 36.5 Å². The maximum atomic E-state index is 12.9. The smallest absolute Gasteiger partial charge is 0.264 e. The molecule has 1 aliphatic heterocycles. The standard InChI is InChI=1S/C24H30N4O4S/c1-16(2)23(30)28-14-12-27(13-15-28)18-9-6-5-8-17(18)25-24(33)26-22(29)21-19(31-3)10-7-11-20(21)32-4/h5-11,16H,12-15H2,1-4H3,(H2,25,26,29,33). The van der Waals surface area contributed by atoms with Crippen molar-refractivity contribution in [3.8, 4) is 11.5 Å². The van der Waals surface area contributed by atoms with Gasteiger partial charge in [-0.1, -0.05) is 32.0 Å². The molecule has 2 N–H and O–H groups in total. The van der Waals surface area contributed by atoms with Crippen LogP contribution in [0.2, 0.25) is 0 Å². The van der Waals surface area contributed by atoms with E-state index in [0.29, 0.717) is 37.7 Å². The monoisotopic (exact) mass is 470 g/mol. The van der Waals surface area contributed by atoms with Gasteiger partial charge in [0.2, 0.25) is 5.91 Å². The van der Waals surface area contributed by atoms with E-state index in [0.717, 1.165) is 11.4 Å². The number of nitrogens with zero attached hydrogens (tertiary/aromatic N) is 2. The predicted molar refractivity (Wildman–Crippen MR) is 133 cm³/mol. The Bertz CT molecular complexity index is 997. The first-order chi connectivity index (χ1) is 15.8. The second kappa shape index (κ2) is 11.0. The molecule has 0 radical (unpaired) electrons. The fraction of sp³-hybridized carbons (Fsp3) is 0.375. The largest absolute Gasteiger partial charge is 0.496 e. The first kappa shape index (κ1) is 24.3. The average molecular weight is 471 g/mol. The molecule has 0 aromatic heterocycles. The molecule has 1 aliphatic rings. The molecule has 1 heterocycles. The average Bonchev–Trinajstić information content (AvgIpc) is 2.83. The van der Waals surface area contributed by atoms with Crippen LogP contribution < -0.4 is 25.0 Å². The molecule has 0 unspecified atom stereocenters. The van der Waals surface area contributed by atoms with Crippen LogP contribution in [-0.2, 0) is 4.79 Å². The highest BCUT2D eigenvalue weighted by Crippen LogP contribution is 2.29. The van der Waals surface area contributed by atoms with Gasteiger partial charge in [-0.15, -0.1) is 0 Å². The van der Waals surface area contributed by atoms with E-state index in [2.05, 4.69) is 15.5 Å². The number of nitrogens with one attached hydrogen (secondary N) is 2. The molecule has 0 bridgehead atoms. The Morgan fingerprint density at radius 1 is 0.939 bits per heavy atom. The highest BCUT2D eigenvalue weighted by atomic mass is 32.1. The summed E-state index contributed by atoms with van der Waals surface area (Å²) in [4.78, 5) is 29.3. The third kappa shape index (κ3) is 5.73. The van der Waals surface area contributed by atoms with E-state index in [1.807, 2.05) is 43.0 Å². The van der Waals surface area contributed by atoms with Crippen molar-refractivity contribution in [2.45, 2.75) is 13.8 Å². The van der Waals surface area contributed by atoms with Crippen LogP contribution in [0.25, 0.3) is 0 Å². The molecule has 33 heavy (non-hydrogen) atoms. The molecule has 1 fully saturated rings. The lowest BCUT2D eigenvalue weighted by Crippen LogP contribution is -2.50. The Morgan fingerprint density at radius 2 is 1.55 bits per heavy atom. The highest BCUT2D eigenvalue weighted by molar-refractivity contribution is 7.80. The number of benzene rings is 2. The van der Waals surface area contributed by atoms with Gasteiger partial charge < -0.3 is 24.6 Å². The van der Waals surface area contributed by atoms with E-state index in [1.54, 1.807) is 18.2 Å². The van der Waals surface area contributed by atoms with Gasteiger partial charge in [0.25, 0.3) is 5.91 Å². The molecule has 3 rings (SSSR count). The number of methoxy groups -OCH3 is 2. The summed E-state index contributed by atoms with van der Waals surface area (Å²) in [5, 5.41) is 6.00. The highest BCUT2D eigenvalue weighted by Gasteiger charge is 2.24. The Hall–Kier alpha value is -3.33. The molecule has 2 amide bonds. The number of rotatable bonds is 6. The molecule has 1 saturated heterocycles. The van der Waals surface area contributed by atoms with E-state index in [-0.39, 0.29) is 22.5 Å². The fourth-order valence-corrected chi connectivity index (χ4v) is 3.98. The molecule has 2 aromatic carbocycles. The summed E-state index contributed by atoms with van der Waals surface area (Å²) in [5.74, 6) is 0.526. The zero-order valence-corrected chi connectivity index (χ0v) is 20.2. The fourth-order valence-electron chi connectivity index (χ4n) is 3.78. The molecule has 2 aromatic rings. The van der Waals surface area contributed by atoms with E-state index in [1.165, 1.54) is 14.2 Å². The molecular formula is C24H30N4O4S. The van der Waals surface area contributed by atoms with Crippen LogP contribution in [-0.4, -0.2) is 62.2 Å². The summed E-state index contributed by atoms with van der Waals surface area (Å²) in [6, 6.07) is 12.9. The van der Waals surface area contributed by atoms with Crippen molar-refractivity contribution >= 4 is 40.5 Å². The van der Waals surface area contributed by atoms with Crippen molar-refractivity contribution in [2.24, 2.45) is 5.92 Å². The minimum Gasteiger partial charge on any atom is -0.496 e. The number of para-hydroxylation sites is 2. The van der Waals surface area contributed by atoms with Gasteiger partial charge in [0, 0.05) is 32.1 Å². The molecule has 176 valence electrons. The first-order valence-corrected chi connectivity index (χ1v) is 11.2. The number of hydrogen-bond acceptors (Lipinski definition) is 6. The number of carbonyl (C=O) groups excluding carboxylic acids is 2. The quantitative estimate of drug-likeness (QED) is 0.628. The van der Waals surface area contributed by atoms with Gasteiger partial charge in [0.15, 0.2) is 5.11 Å². The molecule has 0 saturated carbocycles. The number of anilines is 2. The molecule has 0 spiro atoms. The van der Waals surface area contributed by atoms with E-state index < -0.39 is 5.91 Å². The van der Waals surface area contributed by atoms with Gasteiger partial charge in [-0.3, -0.25) is 14.9 Å². The summed E-state index contributed by atoms with van der Waals surface area (Å²) in [5.41, 5.74) is 2.00. The van der Waals surface area contributed by atoms with Gasteiger partial charge in [0.05, 0.1) is 25.6 Å². The number of carbonyl (C=O) groups is 2. The SMILES string of the molecule is COc1cccc(OC)c1C(=O)NC(=S)Nc1ccccc1N1CCN(C(=O)C(C)C)CC1. The van der Waals surface area contributed by atoms with Gasteiger partial charge in [0.1, 0.15) is 17.1 Å². The number of piperazine rings is 1. The Labute approximate surface area is 199 Å². The summed E-state index contributed by atoms with van der Waals surface area (Å²) in [6.45, 7) is 6.61. The zero-order chi connectivity index (χ0) is 24.0. The van der Waals surface area contributed by atoms with Crippen molar-refractivity contribution in [2.75, 3.05) is 50.6 Å². The van der Waals surface area contributed by atoms with E-state index in [4.69, 9.17) is 21.7 Å². The van der Waals surface area contributed by atoms with Crippen LogP contribution in [0.1, 0.15) is 24.2 Å². The van der Waals surface area contributed by atoms with E-state index >= 15 is 0 Å². The number of ether oxygens (including phenoxy) is 2. The van der Waals surface area contributed by atoms with Crippen molar-refractivity contribution in [3.63, 3.8) is 0 Å². The van der Waals surface area contributed by atoms with E-state index in [9.17, 15) is 9.59 Å². The molecule has 9 heteroatoms. The summed E-state index contributed by atoms with van der Waals surface area (Å²) >= 11 is 5.42. The lowest BCUT2D eigenvalue weighted by molar-refractivity contribution is -0.134. The second-order valence-electron chi connectivity index (χ2n) is 7.93. The number of amides is 2. The lowest BCUT2D eigenvalue weighted by Gasteiger charge is -2.37. The van der Waals surface area contributed by atoms with Gasteiger partial charge >= 0.3 is 0 Å². The van der Waals surface area contributed by atoms with Gasteiger partial charge in [-0.25, -0.2) is 0 Å². The van der Waals surface area contributed by atoms with Crippen molar-refractivity contribution in [1.82, 2.24) is 10.2 Å². The molecule has 0 aliphatic carbocycles.